The minimum atomic E-state index is -4.95. The van der Waals surface area contributed by atoms with Crippen LogP contribution in [-0.2, 0) is 6.18 Å². The zero-order valence-electron chi connectivity index (χ0n) is 12.7. The Kier molecular flexibility index (Phi) is 4.16. The van der Waals surface area contributed by atoms with Crippen LogP contribution in [0.2, 0.25) is 0 Å². The van der Waals surface area contributed by atoms with Crippen LogP contribution in [0, 0.1) is 0 Å². The van der Waals surface area contributed by atoms with Gasteiger partial charge in [0.15, 0.2) is 5.65 Å². The quantitative estimate of drug-likeness (QED) is 0.688. The predicted octanol–water partition coefficient (Wildman–Crippen LogP) is 3.41. The third-order valence-electron chi connectivity index (χ3n) is 3.24. The van der Waals surface area contributed by atoms with Crippen molar-refractivity contribution >= 4 is 11.6 Å². The number of halogens is 6. The highest BCUT2D eigenvalue weighted by atomic mass is 19.4. The number of ether oxygens (including phenoxy) is 1. The Balaban J connectivity index is 2.13. The Morgan fingerprint density at radius 1 is 1.04 bits per heavy atom. The molecule has 142 valence electrons. The minimum absolute atomic E-state index is 0.0516. The molecule has 2 heterocycles. The minimum Gasteiger partial charge on any atom is -0.478 e. The first-order valence-corrected chi connectivity index (χ1v) is 6.89. The number of hydrogen-bond donors (Lipinski definition) is 1. The van der Waals surface area contributed by atoms with E-state index in [9.17, 15) is 36.2 Å². The Hall–Kier alpha value is -3.38. The molecule has 7 nitrogen and oxygen atoms in total. The van der Waals surface area contributed by atoms with Crippen LogP contribution in [0.25, 0.3) is 16.9 Å². The second-order valence-electron chi connectivity index (χ2n) is 5.08. The van der Waals surface area contributed by atoms with Crippen molar-refractivity contribution in [1.82, 2.24) is 19.8 Å². The largest absolute Gasteiger partial charge is 0.573 e. The molecule has 0 saturated heterocycles. The van der Waals surface area contributed by atoms with Gasteiger partial charge in [-0.15, -0.1) is 23.4 Å². The Morgan fingerprint density at radius 3 is 2.19 bits per heavy atom. The average Bonchev–Trinajstić information content (AvgIpc) is 2.97. The fraction of sp³-hybridized carbons (Fsp3) is 0.143. The highest BCUT2D eigenvalue weighted by Crippen LogP contribution is 2.30. The summed E-state index contributed by atoms with van der Waals surface area (Å²) in [5, 5.41) is 19.0. The highest BCUT2D eigenvalue weighted by molar-refractivity contribution is 5.95. The van der Waals surface area contributed by atoms with Crippen LogP contribution in [0.5, 0.6) is 5.75 Å². The molecule has 0 atom stereocenters. The third kappa shape index (κ3) is 3.75. The maximum atomic E-state index is 13.0. The Bertz CT molecular complexity index is 1010. The monoisotopic (exact) mass is 392 g/mol. The first-order chi connectivity index (χ1) is 12.5. The number of fused-ring (bicyclic) bond motifs is 1. The summed E-state index contributed by atoms with van der Waals surface area (Å²) in [6, 6.07) is 4.92. The molecule has 0 aliphatic carbocycles. The molecule has 0 saturated carbocycles. The standard InChI is InChI=1S/C14H6F6N4O3/c15-13(16,17)12-22-21-10-8(11(25)26)5-9(23-24(10)12)6-1-3-7(4-2-6)27-14(18,19)20/h1-5H,(H,25,26). The number of aromatic nitrogens is 4. The van der Waals surface area contributed by atoms with E-state index in [2.05, 4.69) is 20.0 Å². The van der Waals surface area contributed by atoms with Crippen LogP contribution in [-0.4, -0.2) is 37.2 Å². The van der Waals surface area contributed by atoms with Crippen molar-refractivity contribution in [3.8, 4) is 17.0 Å². The van der Waals surface area contributed by atoms with Crippen molar-refractivity contribution in [2.75, 3.05) is 0 Å². The Labute approximate surface area is 144 Å². The zero-order valence-corrected chi connectivity index (χ0v) is 12.7. The van der Waals surface area contributed by atoms with Gasteiger partial charge in [-0.05, 0) is 30.3 Å². The topological polar surface area (TPSA) is 89.6 Å². The number of alkyl halides is 6. The molecule has 0 aliphatic heterocycles. The molecule has 0 amide bonds. The molecule has 0 radical (unpaired) electrons. The molecule has 3 aromatic rings. The number of carbonyl (C=O) groups is 1. The molecule has 0 aliphatic rings. The number of hydrogen-bond acceptors (Lipinski definition) is 5. The Morgan fingerprint density at radius 2 is 1.67 bits per heavy atom. The van der Waals surface area contributed by atoms with Gasteiger partial charge >= 0.3 is 18.5 Å². The summed E-state index contributed by atoms with van der Waals surface area (Å²) < 4.78 is 79.4. The van der Waals surface area contributed by atoms with Gasteiger partial charge in [0.1, 0.15) is 11.3 Å². The van der Waals surface area contributed by atoms with Gasteiger partial charge in [-0.25, -0.2) is 4.79 Å². The van der Waals surface area contributed by atoms with E-state index in [4.69, 9.17) is 0 Å². The van der Waals surface area contributed by atoms with Crippen molar-refractivity contribution in [3.63, 3.8) is 0 Å². The SMILES string of the molecule is O=C(O)c1cc(-c2ccc(OC(F)(F)F)cc2)nn2c(C(F)(F)F)nnc12. The van der Waals surface area contributed by atoms with Crippen LogP contribution in [0.4, 0.5) is 26.3 Å². The lowest BCUT2D eigenvalue weighted by atomic mass is 10.1. The normalized spacial score (nSPS) is 12.4. The van der Waals surface area contributed by atoms with Crippen molar-refractivity contribution < 1.29 is 41.0 Å². The summed E-state index contributed by atoms with van der Waals surface area (Å²) in [5.41, 5.74) is -1.44. The summed E-state index contributed by atoms with van der Waals surface area (Å²) in [4.78, 5) is 11.3. The van der Waals surface area contributed by atoms with E-state index < -0.39 is 41.3 Å². The second kappa shape index (κ2) is 6.10. The maximum absolute atomic E-state index is 13.0. The van der Waals surface area contributed by atoms with Gasteiger partial charge in [-0.1, -0.05) is 0 Å². The third-order valence-corrected chi connectivity index (χ3v) is 3.24. The van der Waals surface area contributed by atoms with Crippen molar-refractivity contribution in [2.24, 2.45) is 0 Å². The van der Waals surface area contributed by atoms with Crippen LogP contribution < -0.4 is 4.74 Å². The van der Waals surface area contributed by atoms with E-state index in [1.165, 1.54) is 0 Å². The van der Waals surface area contributed by atoms with E-state index in [1.807, 2.05) is 0 Å². The van der Waals surface area contributed by atoms with Crippen molar-refractivity contribution in [2.45, 2.75) is 12.5 Å². The van der Waals surface area contributed by atoms with E-state index in [1.54, 1.807) is 0 Å². The molecule has 27 heavy (non-hydrogen) atoms. The van der Waals surface area contributed by atoms with Gasteiger partial charge in [0, 0.05) is 5.56 Å². The molecule has 0 bridgehead atoms. The first kappa shape index (κ1) is 18.4. The lowest BCUT2D eigenvalue weighted by Gasteiger charge is -2.10. The van der Waals surface area contributed by atoms with Crippen molar-refractivity contribution in [3.05, 3.63) is 41.7 Å². The molecular weight excluding hydrogens is 386 g/mol. The smallest absolute Gasteiger partial charge is 0.478 e. The molecule has 2 aromatic heterocycles. The number of carboxylic acid groups (broad SMARTS) is 1. The number of rotatable bonds is 3. The lowest BCUT2D eigenvalue weighted by molar-refractivity contribution is -0.274. The number of benzene rings is 1. The van der Waals surface area contributed by atoms with Gasteiger partial charge in [-0.2, -0.15) is 22.8 Å². The van der Waals surface area contributed by atoms with E-state index in [0.29, 0.717) is 0 Å². The number of nitrogens with zero attached hydrogens (tertiary/aromatic N) is 4. The van der Waals surface area contributed by atoms with Crippen LogP contribution in [0.3, 0.4) is 0 Å². The van der Waals surface area contributed by atoms with Crippen LogP contribution in [0.1, 0.15) is 16.2 Å². The van der Waals surface area contributed by atoms with E-state index in [0.717, 1.165) is 30.3 Å². The van der Waals surface area contributed by atoms with Gasteiger partial charge < -0.3 is 9.84 Å². The van der Waals surface area contributed by atoms with E-state index >= 15 is 0 Å². The molecule has 0 spiro atoms. The summed E-state index contributed by atoms with van der Waals surface area (Å²) in [6.07, 6.45) is -9.87. The van der Waals surface area contributed by atoms with Gasteiger partial charge in [-0.3, -0.25) is 0 Å². The number of carboxylic acids is 1. The van der Waals surface area contributed by atoms with E-state index in [-0.39, 0.29) is 15.8 Å². The molecule has 0 fully saturated rings. The molecule has 3 rings (SSSR count). The zero-order chi connectivity index (χ0) is 20.0. The van der Waals surface area contributed by atoms with Gasteiger partial charge in [0.25, 0.3) is 5.82 Å². The van der Waals surface area contributed by atoms with Crippen LogP contribution in [0.15, 0.2) is 30.3 Å². The first-order valence-electron chi connectivity index (χ1n) is 6.89. The summed E-state index contributed by atoms with van der Waals surface area (Å²) in [7, 11) is 0. The predicted molar refractivity (Wildman–Crippen MR) is 74.9 cm³/mol. The van der Waals surface area contributed by atoms with Crippen molar-refractivity contribution in [1.29, 1.82) is 0 Å². The van der Waals surface area contributed by atoms with Crippen LogP contribution >= 0.6 is 0 Å². The van der Waals surface area contributed by atoms with Gasteiger partial charge in [0.2, 0.25) is 0 Å². The average molecular weight is 392 g/mol. The second-order valence-corrected chi connectivity index (χ2v) is 5.08. The molecule has 1 N–H and O–H groups in total. The summed E-state index contributed by atoms with van der Waals surface area (Å²) >= 11 is 0. The molecule has 0 unspecified atom stereocenters. The summed E-state index contributed by atoms with van der Waals surface area (Å²) in [5.74, 6) is -3.69. The number of aromatic carboxylic acids is 1. The molecule has 1 aromatic carbocycles. The summed E-state index contributed by atoms with van der Waals surface area (Å²) in [6.45, 7) is 0. The molecule has 13 heteroatoms. The van der Waals surface area contributed by atoms with Gasteiger partial charge in [0.05, 0.1) is 5.69 Å². The lowest BCUT2D eigenvalue weighted by Crippen LogP contribution is -2.17. The molecular formula is C14H6F6N4O3. The maximum Gasteiger partial charge on any atom is 0.573 e. The fourth-order valence-electron chi connectivity index (χ4n) is 2.18. The highest BCUT2D eigenvalue weighted by Gasteiger charge is 2.38. The fourth-order valence-corrected chi connectivity index (χ4v) is 2.18.